The van der Waals surface area contributed by atoms with Crippen molar-refractivity contribution in [1.29, 1.82) is 0 Å². The fraction of sp³-hybridized carbons (Fsp3) is 0.167. The Bertz CT molecular complexity index is 1110. The molecule has 2 N–H and O–H groups in total. The highest BCUT2D eigenvalue weighted by atomic mass is 16.5. The summed E-state index contributed by atoms with van der Waals surface area (Å²) in [5.41, 5.74) is 1.20. The molecule has 1 aliphatic heterocycles. The maximum atomic E-state index is 12.4. The zero-order chi connectivity index (χ0) is 18.8. The van der Waals surface area contributed by atoms with E-state index in [-0.39, 0.29) is 5.62 Å². The second-order valence-corrected chi connectivity index (χ2v) is 5.86. The van der Waals surface area contributed by atoms with Gasteiger partial charge in [0.15, 0.2) is 6.61 Å². The lowest BCUT2D eigenvalue weighted by Crippen LogP contribution is -2.24. The van der Waals surface area contributed by atoms with Crippen LogP contribution in [0.15, 0.2) is 47.7 Å². The summed E-state index contributed by atoms with van der Waals surface area (Å²) in [5, 5.41) is 12.9. The van der Waals surface area contributed by atoms with E-state index < -0.39 is 18.5 Å². The van der Waals surface area contributed by atoms with Crippen LogP contribution in [0.4, 0.5) is 5.82 Å². The third-order valence-electron chi connectivity index (χ3n) is 4.06. The predicted octanol–water partition coefficient (Wildman–Crippen LogP) is 1.06. The van der Waals surface area contributed by atoms with Crippen molar-refractivity contribution in [3.05, 3.63) is 53.9 Å². The number of anilines is 1. The van der Waals surface area contributed by atoms with Crippen molar-refractivity contribution in [2.24, 2.45) is 4.99 Å². The van der Waals surface area contributed by atoms with Crippen molar-refractivity contribution in [2.75, 3.05) is 18.5 Å². The molecular formula is C18H15N5O4. The number of carboxylic acid groups (broad SMARTS) is 1. The first-order chi connectivity index (χ1) is 13.1. The summed E-state index contributed by atoms with van der Waals surface area (Å²) in [5.74, 6) is -0.311. The van der Waals surface area contributed by atoms with Gasteiger partial charge in [-0.3, -0.25) is 14.3 Å². The topological polar surface area (TPSA) is 119 Å². The smallest absolute Gasteiger partial charge is 0.341 e. The van der Waals surface area contributed by atoms with Crippen LogP contribution in [-0.2, 0) is 11.3 Å². The Morgan fingerprint density at radius 1 is 1.33 bits per heavy atom. The average molecular weight is 365 g/mol. The number of hydrogen-bond donors (Lipinski definition) is 2. The zero-order valence-corrected chi connectivity index (χ0v) is 14.1. The quantitative estimate of drug-likeness (QED) is 0.709. The summed E-state index contributed by atoms with van der Waals surface area (Å²) in [6.45, 7) is 0.885. The van der Waals surface area contributed by atoms with Gasteiger partial charge in [-0.05, 0) is 24.3 Å². The molecule has 9 nitrogen and oxygen atoms in total. The Balaban J connectivity index is 1.81. The molecule has 2 aromatic heterocycles. The molecule has 0 atom stereocenters. The maximum absolute atomic E-state index is 12.4. The van der Waals surface area contributed by atoms with Crippen molar-refractivity contribution in [3.63, 3.8) is 0 Å². The Kier molecular flexibility index (Phi) is 4.25. The van der Waals surface area contributed by atoms with Crippen LogP contribution in [-0.4, -0.2) is 44.7 Å². The number of nitrogens with zero attached hydrogens (tertiary/aromatic N) is 4. The Hall–Kier alpha value is -3.75. The molecule has 1 amide bonds. The molecule has 0 bridgehead atoms. The number of amides is 1. The van der Waals surface area contributed by atoms with Crippen LogP contribution in [0.2, 0.25) is 0 Å². The maximum Gasteiger partial charge on any atom is 0.341 e. The first kappa shape index (κ1) is 16.7. The number of carboxylic acids is 1. The van der Waals surface area contributed by atoms with Crippen LogP contribution in [0.5, 0.6) is 5.75 Å². The summed E-state index contributed by atoms with van der Waals surface area (Å²) in [6, 6.07) is 8.43. The zero-order valence-electron chi connectivity index (χ0n) is 14.1. The molecule has 0 radical (unpaired) electrons. The van der Waals surface area contributed by atoms with Gasteiger partial charge in [0, 0.05) is 36.9 Å². The van der Waals surface area contributed by atoms with Crippen LogP contribution < -0.4 is 15.7 Å². The fourth-order valence-corrected chi connectivity index (χ4v) is 2.87. The first-order valence-electron chi connectivity index (χ1n) is 8.24. The molecule has 1 aromatic carbocycles. The molecule has 136 valence electrons. The van der Waals surface area contributed by atoms with E-state index in [0.29, 0.717) is 29.9 Å². The number of benzene rings is 1. The average Bonchev–Trinajstić information content (AvgIpc) is 3.17. The Morgan fingerprint density at radius 3 is 3.00 bits per heavy atom. The van der Waals surface area contributed by atoms with Gasteiger partial charge < -0.3 is 15.2 Å². The van der Waals surface area contributed by atoms with E-state index in [9.17, 15) is 9.59 Å². The molecule has 0 fully saturated rings. The second-order valence-electron chi connectivity index (χ2n) is 5.86. The van der Waals surface area contributed by atoms with Crippen LogP contribution in [0.1, 0.15) is 10.4 Å². The molecule has 9 heteroatoms. The highest BCUT2D eigenvalue weighted by Crippen LogP contribution is 2.26. The lowest BCUT2D eigenvalue weighted by Gasteiger charge is -2.10. The number of nitrogens with one attached hydrogen (secondary N) is 1. The number of ether oxygens (including phenoxy) is 1. The molecule has 4 rings (SSSR count). The van der Waals surface area contributed by atoms with Gasteiger partial charge in [0.2, 0.25) is 5.62 Å². The van der Waals surface area contributed by atoms with E-state index in [1.165, 1.54) is 6.20 Å². The number of carbonyl (C=O) groups excluding carboxylic acids is 1. The van der Waals surface area contributed by atoms with Gasteiger partial charge >= 0.3 is 5.97 Å². The van der Waals surface area contributed by atoms with Crippen molar-refractivity contribution < 1.29 is 19.4 Å². The van der Waals surface area contributed by atoms with Crippen LogP contribution in [0, 0.1) is 0 Å². The number of rotatable bonds is 4. The summed E-state index contributed by atoms with van der Waals surface area (Å²) >= 11 is 0. The molecule has 0 saturated carbocycles. The Labute approximate surface area is 153 Å². The minimum Gasteiger partial charge on any atom is -0.482 e. The molecule has 3 heterocycles. The van der Waals surface area contributed by atoms with Gasteiger partial charge in [0.25, 0.3) is 5.91 Å². The number of aromatic nitrogens is 3. The van der Waals surface area contributed by atoms with Gasteiger partial charge in [-0.25, -0.2) is 9.78 Å². The van der Waals surface area contributed by atoms with Crippen LogP contribution in [0.3, 0.4) is 0 Å². The van der Waals surface area contributed by atoms with Crippen LogP contribution >= 0.6 is 0 Å². The van der Waals surface area contributed by atoms with E-state index in [2.05, 4.69) is 20.3 Å². The monoisotopic (exact) mass is 365 g/mol. The van der Waals surface area contributed by atoms with E-state index in [1.807, 2.05) is 4.57 Å². The van der Waals surface area contributed by atoms with Gasteiger partial charge in [0.1, 0.15) is 11.6 Å². The molecule has 0 spiro atoms. The highest BCUT2D eigenvalue weighted by Gasteiger charge is 2.17. The van der Waals surface area contributed by atoms with Gasteiger partial charge in [0.05, 0.1) is 11.1 Å². The third-order valence-corrected chi connectivity index (χ3v) is 4.06. The predicted molar refractivity (Wildman–Crippen MR) is 95.5 cm³/mol. The lowest BCUT2D eigenvalue weighted by molar-refractivity contribution is -0.139. The Morgan fingerprint density at radius 2 is 2.22 bits per heavy atom. The highest BCUT2D eigenvalue weighted by molar-refractivity contribution is 5.95. The van der Waals surface area contributed by atoms with E-state index >= 15 is 0 Å². The van der Waals surface area contributed by atoms with Crippen molar-refractivity contribution in [2.45, 2.75) is 6.54 Å². The van der Waals surface area contributed by atoms with E-state index in [1.54, 1.807) is 36.5 Å². The largest absolute Gasteiger partial charge is 0.482 e. The first-order valence-corrected chi connectivity index (χ1v) is 8.24. The minimum absolute atomic E-state index is 0.270. The lowest BCUT2D eigenvalue weighted by atomic mass is 10.2. The van der Waals surface area contributed by atoms with Crippen molar-refractivity contribution in [3.8, 4) is 5.75 Å². The van der Waals surface area contributed by atoms with Gasteiger partial charge in [-0.2, -0.15) is 4.99 Å². The summed E-state index contributed by atoms with van der Waals surface area (Å²) in [4.78, 5) is 35.7. The number of fused-ring (bicyclic) bond motifs is 3. The molecule has 1 aliphatic rings. The van der Waals surface area contributed by atoms with Gasteiger partial charge in [-0.15, -0.1) is 0 Å². The molecule has 3 aromatic rings. The fourth-order valence-electron chi connectivity index (χ4n) is 2.87. The number of hydrogen-bond acceptors (Lipinski definition) is 6. The molecule has 27 heavy (non-hydrogen) atoms. The van der Waals surface area contributed by atoms with E-state index in [0.717, 1.165) is 11.2 Å². The SMILES string of the molecule is O=C(O)COc1ccc2c3n(c(=NC(=O)c4cccnc4)nc2c1)CCN3. The van der Waals surface area contributed by atoms with Crippen molar-refractivity contribution in [1.82, 2.24) is 14.5 Å². The number of pyridine rings is 1. The van der Waals surface area contributed by atoms with Gasteiger partial charge in [-0.1, -0.05) is 0 Å². The summed E-state index contributed by atoms with van der Waals surface area (Å²) in [7, 11) is 0. The summed E-state index contributed by atoms with van der Waals surface area (Å²) < 4.78 is 7.05. The van der Waals surface area contributed by atoms with E-state index in [4.69, 9.17) is 9.84 Å². The number of carbonyl (C=O) groups is 2. The third kappa shape index (κ3) is 3.34. The van der Waals surface area contributed by atoms with Crippen molar-refractivity contribution >= 4 is 28.6 Å². The molecule has 0 saturated heterocycles. The standard InChI is InChI=1S/C18H15N5O4/c24-15(25)10-27-12-3-4-13-14(8-12)21-18(23-7-6-20-16(13)23)22-17(26)11-2-1-5-19-9-11/h1-5,8-9,20H,6-7,10H2,(H,24,25). The molecular weight excluding hydrogens is 350 g/mol. The number of aliphatic carboxylic acids is 1. The van der Waals surface area contributed by atoms with Crippen LogP contribution in [0.25, 0.3) is 10.9 Å². The second kappa shape index (κ2) is 6.87. The molecule has 0 unspecified atom stereocenters. The molecule has 0 aliphatic carbocycles. The normalized spacial score (nSPS) is 13.3. The summed E-state index contributed by atoms with van der Waals surface area (Å²) in [6.07, 6.45) is 3.04. The minimum atomic E-state index is -1.06.